The van der Waals surface area contributed by atoms with Gasteiger partial charge in [-0.1, -0.05) is 18.2 Å². The summed E-state index contributed by atoms with van der Waals surface area (Å²) in [5.74, 6) is 0.516. The summed E-state index contributed by atoms with van der Waals surface area (Å²) in [6, 6.07) is 14.0. The lowest BCUT2D eigenvalue weighted by atomic mass is 9.50. The minimum Gasteiger partial charge on any atom is -0.349 e. The molecule has 1 aromatic heterocycles. The van der Waals surface area contributed by atoms with E-state index in [9.17, 15) is 9.36 Å². The number of nitrogens with one attached hydrogen (secondary N) is 1. The van der Waals surface area contributed by atoms with Crippen LogP contribution in [0, 0.1) is 12.3 Å². The van der Waals surface area contributed by atoms with E-state index < -0.39 is 7.14 Å². The number of rotatable bonds is 4. The first-order valence-corrected chi connectivity index (χ1v) is 14.0. The highest BCUT2D eigenvalue weighted by molar-refractivity contribution is 7.70. The average Bonchev–Trinajstić information content (AvgIpc) is 3.04. The van der Waals surface area contributed by atoms with Crippen molar-refractivity contribution >= 4 is 39.9 Å². The Morgan fingerprint density at radius 2 is 1.90 bits per heavy atom. The molecule has 3 aromatic rings. The molecule has 0 saturated heterocycles. The minimum atomic E-state index is -2.36. The molecular weight excluding hydrogens is 411 g/mol. The molecule has 1 amide bonds. The highest BCUT2D eigenvalue weighted by Gasteiger charge is 2.54. The van der Waals surface area contributed by atoms with Gasteiger partial charge in [0.2, 0.25) is 0 Å². The molecule has 30 heavy (non-hydrogen) atoms. The van der Waals surface area contributed by atoms with Crippen LogP contribution in [0.5, 0.6) is 0 Å². The second-order valence-electron chi connectivity index (χ2n) is 9.61. The Kier molecular flexibility index (Phi) is 4.68. The maximum absolute atomic E-state index is 12.6. The Balaban J connectivity index is 1.17. The van der Waals surface area contributed by atoms with Gasteiger partial charge in [-0.3, -0.25) is 4.79 Å². The third-order valence-corrected chi connectivity index (χ3v) is 9.41. The van der Waals surface area contributed by atoms with Crippen LogP contribution >= 0.6 is 18.5 Å². The van der Waals surface area contributed by atoms with Crippen LogP contribution in [0.1, 0.15) is 52.5 Å². The first kappa shape index (κ1) is 20.0. The van der Waals surface area contributed by atoms with Crippen LogP contribution in [-0.2, 0) is 4.57 Å². The summed E-state index contributed by atoms with van der Waals surface area (Å²) in [7, 11) is -2.36. The van der Waals surface area contributed by atoms with E-state index in [0.29, 0.717) is 16.9 Å². The molecule has 2 aliphatic rings. The molecule has 0 bridgehead atoms. The predicted molar refractivity (Wildman–Crippen MR) is 125 cm³/mol. The summed E-state index contributed by atoms with van der Waals surface area (Å²) in [6.45, 7) is 5.58. The molecule has 6 heteroatoms. The van der Waals surface area contributed by atoms with Crippen LogP contribution in [0.3, 0.4) is 0 Å². The zero-order valence-corrected chi connectivity index (χ0v) is 19.4. The van der Waals surface area contributed by atoms with Gasteiger partial charge in [0, 0.05) is 22.8 Å². The minimum absolute atomic E-state index is 0.0532. The van der Waals surface area contributed by atoms with Crippen LogP contribution < -0.4 is 10.6 Å². The van der Waals surface area contributed by atoms with E-state index in [4.69, 9.17) is 4.98 Å². The summed E-state index contributed by atoms with van der Waals surface area (Å²) in [4.78, 5) is 17.5. The van der Waals surface area contributed by atoms with Gasteiger partial charge in [0.1, 0.15) is 7.14 Å². The zero-order valence-electron chi connectivity index (χ0n) is 17.6. The number of thiazole rings is 1. The van der Waals surface area contributed by atoms with Gasteiger partial charge in [-0.15, -0.1) is 11.3 Å². The van der Waals surface area contributed by atoms with E-state index >= 15 is 0 Å². The number of amides is 1. The summed E-state index contributed by atoms with van der Waals surface area (Å²) >= 11 is 1.83. The standard InChI is InChI=1S/C24H27N2O2PS/c1-15-7-8-21-20(9-15)26-23(30-21)17-11-24(12-17)13-18(14-24)25-22(27)16-5-4-6-19(10-16)29(2,3)28/h4-10,17-18H,11-14H2,1-3H3,(H,25,27). The summed E-state index contributed by atoms with van der Waals surface area (Å²) in [5.41, 5.74) is 3.38. The molecule has 1 heterocycles. The van der Waals surface area contributed by atoms with Crippen LogP contribution in [0.4, 0.5) is 0 Å². The number of carbonyl (C=O) groups excluding carboxylic acids is 1. The van der Waals surface area contributed by atoms with Crippen LogP contribution in [0.25, 0.3) is 10.2 Å². The van der Waals surface area contributed by atoms with Crippen molar-refractivity contribution in [3.05, 3.63) is 58.6 Å². The van der Waals surface area contributed by atoms with Crippen molar-refractivity contribution in [2.45, 2.75) is 44.6 Å². The second kappa shape index (κ2) is 7.03. The molecule has 0 radical (unpaired) electrons. The lowest BCUT2D eigenvalue weighted by Crippen LogP contribution is -2.55. The molecule has 0 aliphatic heterocycles. The Morgan fingerprint density at radius 3 is 2.63 bits per heavy atom. The summed E-state index contributed by atoms with van der Waals surface area (Å²) < 4.78 is 13.6. The normalized spacial score (nSPS) is 25.7. The number of hydrogen-bond acceptors (Lipinski definition) is 4. The molecule has 2 saturated carbocycles. The number of nitrogens with zero attached hydrogens (tertiary/aromatic N) is 1. The van der Waals surface area contributed by atoms with Gasteiger partial charge in [-0.25, -0.2) is 4.98 Å². The summed E-state index contributed by atoms with van der Waals surface area (Å²) in [6.07, 6.45) is 4.48. The van der Waals surface area contributed by atoms with E-state index in [1.807, 2.05) is 23.5 Å². The topological polar surface area (TPSA) is 59.1 Å². The van der Waals surface area contributed by atoms with Crippen LogP contribution in [0.15, 0.2) is 42.5 Å². The van der Waals surface area contributed by atoms with Crippen molar-refractivity contribution in [2.75, 3.05) is 13.3 Å². The number of hydrogen-bond donors (Lipinski definition) is 1. The third-order valence-electron chi connectivity index (χ3n) is 6.69. The Labute approximate surface area is 181 Å². The molecule has 0 atom stereocenters. The van der Waals surface area contributed by atoms with E-state index in [2.05, 4.69) is 30.4 Å². The first-order chi connectivity index (χ1) is 14.2. The average molecular weight is 439 g/mol. The fourth-order valence-electron chi connectivity index (χ4n) is 5.06. The third kappa shape index (κ3) is 3.63. The van der Waals surface area contributed by atoms with Crippen molar-refractivity contribution in [3.8, 4) is 0 Å². The van der Waals surface area contributed by atoms with Gasteiger partial charge in [0.05, 0.1) is 15.2 Å². The molecule has 4 nitrogen and oxygen atoms in total. The van der Waals surface area contributed by atoms with Crippen molar-refractivity contribution in [1.29, 1.82) is 0 Å². The number of aromatic nitrogens is 1. The molecule has 0 unspecified atom stereocenters. The lowest BCUT2D eigenvalue weighted by Gasteiger charge is -2.57. The molecule has 1 N–H and O–H groups in total. The Hall–Kier alpha value is -1.97. The van der Waals surface area contributed by atoms with E-state index in [0.717, 1.165) is 23.7 Å². The smallest absolute Gasteiger partial charge is 0.251 e. The van der Waals surface area contributed by atoms with E-state index in [-0.39, 0.29) is 11.9 Å². The zero-order chi connectivity index (χ0) is 21.1. The van der Waals surface area contributed by atoms with Crippen LogP contribution in [0.2, 0.25) is 0 Å². The molecule has 2 aliphatic carbocycles. The largest absolute Gasteiger partial charge is 0.349 e. The Morgan fingerprint density at radius 1 is 1.13 bits per heavy atom. The molecule has 2 aromatic carbocycles. The van der Waals surface area contributed by atoms with Gasteiger partial charge < -0.3 is 9.88 Å². The van der Waals surface area contributed by atoms with Crippen molar-refractivity contribution < 1.29 is 9.36 Å². The van der Waals surface area contributed by atoms with E-state index in [1.165, 1.54) is 28.1 Å². The fourth-order valence-corrected chi connectivity index (χ4v) is 7.00. The van der Waals surface area contributed by atoms with Crippen molar-refractivity contribution in [2.24, 2.45) is 5.41 Å². The van der Waals surface area contributed by atoms with Gasteiger partial charge in [0.25, 0.3) is 5.91 Å². The van der Waals surface area contributed by atoms with E-state index in [1.54, 1.807) is 25.5 Å². The second-order valence-corrected chi connectivity index (χ2v) is 13.9. The fraction of sp³-hybridized carbons (Fsp3) is 0.417. The maximum Gasteiger partial charge on any atom is 0.251 e. The van der Waals surface area contributed by atoms with Gasteiger partial charge >= 0.3 is 0 Å². The monoisotopic (exact) mass is 438 g/mol. The van der Waals surface area contributed by atoms with Crippen molar-refractivity contribution in [1.82, 2.24) is 10.3 Å². The SMILES string of the molecule is Cc1ccc2sc(C3CC4(CC(NC(=O)c5cccc(P(C)(C)=O)c5)C4)C3)nc2c1. The molecule has 2 fully saturated rings. The molecular formula is C24H27N2O2PS. The summed E-state index contributed by atoms with van der Waals surface area (Å²) in [5, 5.41) is 5.21. The van der Waals surface area contributed by atoms with Crippen LogP contribution in [-0.4, -0.2) is 30.3 Å². The number of fused-ring (bicyclic) bond motifs is 1. The molecule has 156 valence electrons. The number of carbonyl (C=O) groups is 1. The first-order valence-electron chi connectivity index (χ1n) is 10.5. The van der Waals surface area contributed by atoms with Crippen molar-refractivity contribution in [3.63, 3.8) is 0 Å². The quantitative estimate of drug-likeness (QED) is 0.562. The predicted octanol–water partition coefficient (Wildman–Crippen LogP) is 5.31. The van der Waals surface area contributed by atoms with Gasteiger partial charge in [-0.2, -0.15) is 0 Å². The highest BCUT2D eigenvalue weighted by Crippen LogP contribution is 2.62. The van der Waals surface area contributed by atoms with Gasteiger partial charge in [-0.05, 0) is 81.2 Å². The Bertz CT molecular complexity index is 1180. The highest BCUT2D eigenvalue weighted by atomic mass is 32.1. The molecule has 5 rings (SSSR count). The maximum atomic E-state index is 12.6. The lowest BCUT2D eigenvalue weighted by molar-refractivity contribution is -0.0187. The number of benzene rings is 2. The van der Waals surface area contributed by atoms with Gasteiger partial charge in [0.15, 0.2) is 0 Å². The molecule has 1 spiro atoms. The number of aryl methyl sites for hydroxylation is 1.